The molecule has 1 fully saturated rings. The molecule has 0 spiro atoms. The average Bonchev–Trinajstić information content (AvgIpc) is 3.29. The largest absolute Gasteiger partial charge is 0.338 e. The first kappa shape index (κ1) is 20.7. The molecule has 2 heterocycles. The average molecular weight is 418 g/mol. The third-order valence-electron chi connectivity index (χ3n) is 5.60. The molecule has 3 N–H and O–H groups in total. The highest BCUT2D eigenvalue weighted by Crippen LogP contribution is 2.24. The molecule has 1 aliphatic heterocycles. The first-order valence-electron chi connectivity index (χ1n) is 10.6. The second kappa shape index (κ2) is 9.47. The molecule has 0 radical (unpaired) electrons. The zero-order chi connectivity index (χ0) is 21.6. The summed E-state index contributed by atoms with van der Waals surface area (Å²) in [6.07, 6.45) is 3.49. The van der Waals surface area contributed by atoms with Crippen molar-refractivity contribution in [3.8, 4) is 11.3 Å². The Labute approximate surface area is 181 Å². The molecule has 1 saturated heterocycles. The van der Waals surface area contributed by atoms with Gasteiger partial charge in [0.1, 0.15) is 0 Å². The van der Waals surface area contributed by atoms with E-state index in [9.17, 15) is 9.59 Å². The van der Waals surface area contributed by atoms with Crippen molar-refractivity contribution < 1.29 is 9.59 Å². The van der Waals surface area contributed by atoms with Crippen LogP contribution in [0.2, 0.25) is 0 Å². The van der Waals surface area contributed by atoms with E-state index in [1.807, 2.05) is 66.4 Å². The summed E-state index contributed by atoms with van der Waals surface area (Å²) in [5, 5.41) is 12.8. The minimum atomic E-state index is -0.228. The van der Waals surface area contributed by atoms with Crippen molar-refractivity contribution in [2.45, 2.75) is 19.8 Å². The quantitative estimate of drug-likeness (QED) is 0.585. The van der Waals surface area contributed by atoms with Crippen molar-refractivity contribution in [2.24, 2.45) is 5.92 Å². The van der Waals surface area contributed by atoms with Gasteiger partial charge in [-0.2, -0.15) is 5.10 Å². The van der Waals surface area contributed by atoms with Crippen molar-refractivity contribution in [2.75, 3.05) is 25.0 Å². The number of benzene rings is 2. The van der Waals surface area contributed by atoms with Gasteiger partial charge in [-0.15, -0.1) is 0 Å². The van der Waals surface area contributed by atoms with Crippen molar-refractivity contribution in [1.29, 1.82) is 0 Å². The molecule has 0 saturated carbocycles. The van der Waals surface area contributed by atoms with Gasteiger partial charge in [0, 0.05) is 30.9 Å². The number of carbonyl (C=O) groups is 2. The Morgan fingerprint density at radius 1 is 1.13 bits per heavy atom. The van der Waals surface area contributed by atoms with Crippen LogP contribution in [-0.4, -0.2) is 46.7 Å². The van der Waals surface area contributed by atoms with E-state index in [0.29, 0.717) is 25.2 Å². The predicted octanol–water partition coefficient (Wildman–Crippen LogP) is 4.06. The van der Waals surface area contributed by atoms with Gasteiger partial charge < -0.3 is 15.5 Å². The Morgan fingerprint density at radius 2 is 1.90 bits per heavy atom. The molecule has 0 aliphatic carbocycles. The van der Waals surface area contributed by atoms with Gasteiger partial charge in [0.25, 0.3) is 5.91 Å². The number of aryl methyl sites for hydroxylation is 1. The van der Waals surface area contributed by atoms with Crippen LogP contribution in [0.15, 0.2) is 60.8 Å². The first-order chi connectivity index (χ1) is 15.1. The van der Waals surface area contributed by atoms with Crippen LogP contribution in [0.4, 0.5) is 10.5 Å². The van der Waals surface area contributed by atoms with Crippen molar-refractivity contribution in [3.63, 3.8) is 0 Å². The number of amides is 3. The van der Waals surface area contributed by atoms with Gasteiger partial charge >= 0.3 is 6.03 Å². The zero-order valence-corrected chi connectivity index (χ0v) is 17.6. The van der Waals surface area contributed by atoms with E-state index < -0.39 is 0 Å². The number of hydrogen-bond acceptors (Lipinski definition) is 3. The van der Waals surface area contributed by atoms with E-state index in [1.54, 1.807) is 6.20 Å². The first-order valence-corrected chi connectivity index (χ1v) is 10.6. The molecule has 31 heavy (non-hydrogen) atoms. The van der Waals surface area contributed by atoms with Crippen molar-refractivity contribution in [3.05, 3.63) is 71.9 Å². The molecular formula is C24H27N5O2. The molecule has 4 rings (SSSR count). The van der Waals surface area contributed by atoms with Gasteiger partial charge in [-0.3, -0.25) is 9.89 Å². The Kier molecular flexibility index (Phi) is 6.31. The van der Waals surface area contributed by atoms with Gasteiger partial charge in [0.2, 0.25) is 0 Å². The van der Waals surface area contributed by atoms with E-state index in [0.717, 1.165) is 35.3 Å². The lowest BCUT2D eigenvalue weighted by Crippen LogP contribution is -2.44. The van der Waals surface area contributed by atoms with Crippen LogP contribution >= 0.6 is 0 Å². The maximum Gasteiger partial charge on any atom is 0.319 e. The summed E-state index contributed by atoms with van der Waals surface area (Å²) < 4.78 is 0. The van der Waals surface area contributed by atoms with Crippen LogP contribution < -0.4 is 10.6 Å². The molecule has 7 heteroatoms. The van der Waals surface area contributed by atoms with Crippen molar-refractivity contribution in [1.82, 2.24) is 20.4 Å². The molecule has 1 unspecified atom stereocenters. The molecule has 1 aromatic heterocycles. The number of urea groups is 1. The number of anilines is 1. The molecule has 1 aliphatic rings. The molecule has 1 atom stereocenters. The lowest BCUT2D eigenvalue weighted by Gasteiger charge is -2.33. The van der Waals surface area contributed by atoms with Crippen LogP contribution in [-0.2, 0) is 0 Å². The van der Waals surface area contributed by atoms with Crippen LogP contribution in [0.3, 0.4) is 0 Å². The summed E-state index contributed by atoms with van der Waals surface area (Å²) in [6, 6.07) is 17.2. The maximum absolute atomic E-state index is 13.2. The third kappa shape index (κ3) is 5.12. The topological polar surface area (TPSA) is 90.1 Å². The molecule has 160 valence electrons. The van der Waals surface area contributed by atoms with Crippen LogP contribution in [0.25, 0.3) is 11.3 Å². The molecular weight excluding hydrogens is 390 g/mol. The minimum absolute atomic E-state index is 0.0265. The normalized spacial score (nSPS) is 16.0. The summed E-state index contributed by atoms with van der Waals surface area (Å²) >= 11 is 0. The number of nitrogens with one attached hydrogen (secondary N) is 3. The van der Waals surface area contributed by atoms with E-state index in [4.69, 9.17) is 0 Å². The Bertz CT molecular complexity index is 1030. The van der Waals surface area contributed by atoms with Gasteiger partial charge in [0.15, 0.2) is 0 Å². The third-order valence-corrected chi connectivity index (χ3v) is 5.60. The highest BCUT2D eigenvalue weighted by molar-refractivity contribution is 5.99. The molecule has 3 amide bonds. The SMILES string of the molecule is Cc1ccc(NC(=O)NCC2CCCN(C(=O)c3cn[nH]c3-c3ccccc3)C2)cc1. The number of rotatable bonds is 5. The number of H-pyrrole nitrogens is 1. The number of piperidine rings is 1. The highest BCUT2D eigenvalue weighted by Gasteiger charge is 2.27. The maximum atomic E-state index is 13.2. The highest BCUT2D eigenvalue weighted by atomic mass is 16.2. The number of aromatic amines is 1. The summed E-state index contributed by atoms with van der Waals surface area (Å²) in [4.78, 5) is 27.3. The predicted molar refractivity (Wildman–Crippen MR) is 121 cm³/mol. The second-order valence-corrected chi connectivity index (χ2v) is 7.99. The van der Waals surface area contributed by atoms with Crippen LogP contribution in [0.5, 0.6) is 0 Å². The monoisotopic (exact) mass is 417 g/mol. The Hall–Kier alpha value is -3.61. The fourth-order valence-electron chi connectivity index (χ4n) is 3.91. The lowest BCUT2D eigenvalue weighted by molar-refractivity contribution is 0.0676. The number of hydrogen-bond donors (Lipinski definition) is 3. The van der Waals surface area contributed by atoms with Gasteiger partial charge in [0.05, 0.1) is 17.5 Å². The molecule has 3 aromatic rings. The Balaban J connectivity index is 1.33. The number of carbonyl (C=O) groups excluding carboxylic acids is 2. The number of likely N-dealkylation sites (tertiary alicyclic amines) is 1. The standard InChI is InChI=1S/C24H27N5O2/c1-17-9-11-20(12-10-17)27-24(31)25-14-18-6-5-13-29(16-18)23(30)21-15-26-28-22(21)19-7-3-2-4-8-19/h2-4,7-12,15,18H,5-6,13-14,16H2,1H3,(H,26,28)(H2,25,27,31). The second-order valence-electron chi connectivity index (χ2n) is 7.99. The summed E-state index contributed by atoms with van der Waals surface area (Å²) in [5.74, 6) is 0.190. The van der Waals surface area contributed by atoms with E-state index in [-0.39, 0.29) is 17.9 Å². The fourth-order valence-corrected chi connectivity index (χ4v) is 3.91. The summed E-state index contributed by atoms with van der Waals surface area (Å²) in [5.41, 5.74) is 4.16. The minimum Gasteiger partial charge on any atom is -0.338 e. The fraction of sp³-hybridized carbons (Fsp3) is 0.292. The smallest absolute Gasteiger partial charge is 0.319 e. The van der Waals surface area contributed by atoms with Crippen LogP contribution in [0, 0.1) is 12.8 Å². The number of aromatic nitrogens is 2. The number of nitrogens with zero attached hydrogens (tertiary/aromatic N) is 2. The van der Waals surface area contributed by atoms with Gasteiger partial charge in [-0.1, -0.05) is 48.0 Å². The lowest BCUT2D eigenvalue weighted by atomic mass is 9.97. The zero-order valence-electron chi connectivity index (χ0n) is 17.6. The summed E-state index contributed by atoms with van der Waals surface area (Å²) in [6.45, 7) is 3.86. The van der Waals surface area contributed by atoms with E-state index >= 15 is 0 Å². The van der Waals surface area contributed by atoms with Crippen molar-refractivity contribution >= 4 is 17.6 Å². The van der Waals surface area contributed by atoms with E-state index in [1.165, 1.54) is 0 Å². The van der Waals surface area contributed by atoms with E-state index in [2.05, 4.69) is 20.8 Å². The molecule has 0 bridgehead atoms. The molecule has 2 aromatic carbocycles. The van der Waals surface area contributed by atoms with Crippen LogP contribution in [0.1, 0.15) is 28.8 Å². The van der Waals surface area contributed by atoms with Gasteiger partial charge in [-0.05, 0) is 37.8 Å². The Morgan fingerprint density at radius 3 is 2.68 bits per heavy atom. The molecule has 7 nitrogen and oxygen atoms in total. The van der Waals surface area contributed by atoms with Gasteiger partial charge in [-0.25, -0.2) is 4.79 Å². The summed E-state index contributed by atoms with van der Waals surface area (Å²) in [7, 11) is 0.